The Bertz CT molecular complexity index is 323. The quantitative estimate of drug-likeness (QED) is 0.790. The number of hydrogen-bond acceptors (Lipinski definition) is 1. The van der Waals surface area contributed by atoms with Crippen molar-refractivity contribution in [3.8, 4) is 5.75 Å². The van der Waals surface area contributed by atoms with Gasteiger partial charge in [-0.1, -0.05) is 20.3 Å². The lowest BCUT2D eigenvalue weighted by Gasteiger charge is -2.13. The molecule has 0 fully saturated rings. The topological polar surface area (TPSA) is 20.2 Å². The first-order valence-corrected chi connectivity index (χ1v) is 4.74. The third kappa shape index (κ3) is 2.03. The second-order valence-corrected chi connectivity index (χ2v) is 3.48. The van der Waals surface area contributed by atoms with Crippen LogP contribution >= 0.6 is 0 Å². The molecule has 0 aliphatic rings. The fourth-order valence-electron chi connectivity index (χ4n) is 1.60. The normalized spacial score (nSPS) is 12.9. The molecular weight excluding hydrogens is 186 g/mol. The van der Waals surface area contributed by atoms with Crippen LogP contribution in [0.15, 0.2) is 12.1 Å². The van der Waals surface area contributed by atoms with Gasteiger partial charge in [0.2, 0.25) is 0 Å². The molecule has 1 aromatic rings. The molecule has 1 N–H and O–H groups in total. The molecule has 14 heavy (non-hydrogen) atoms. The van der Waals surface area contributed by atoms with Crippen LogP contribution in [0.4, 0.5) is 8.78 Å². The highest BCUT2D eigenvalue weighted by molar-refractivity contribution is 5.37. The minimum absolute atomic E-state index is 0.0897. The summed E-state index contributed by atoms with van der Waals surface area (Å²) in [5.74, 6) is -2.00. The predicted octanol–water partition coefficient (Wildman–Crippen LogP) is 3.57. The number of hydrogen-bond donors (Lipinski definition) is 1. The van der Waals surface area contributed by atoms with Crippen LogP contribution in [-0.2, 0) is 0 Å². The highest BCUT2D eigenvalue weighted by Crippen LogP contribution is 2.32. The molecule has 0 unspecified atom stereocenters. The first-order chi connectivity index (χ1) is 6.57. The summed E-state index contributed by atoms with van der Waals surface area (Å²) in [7, 11) is 0. The molecule has 0 amide bonds. The molecule has 0 radical (unpaired) electrons. The predicted molar refractivity (Wildman–Crippen MR) is 51.3 cm³/mol. The molecule has 0 saturated heterocycles. The van der Waals surface area contributed by atoms with Crippen molar-refractivity contribution in [1.29, 1.82) is 0 Å². The van der Waals surface area contributed by atoms with Gasteiger partial charge in [-0.3, -0.25) is 0 Å². The number of phenols is 1. The fraction of sp³-hybridized carbons (Fsp3) is 0.455. The molecule has 0 aromatic heterocycles. The standard InChI is InChI=1S/C11H14F2O/c1-3-4-7(2)10-8(12)5-6-9(13)11(10)14/h5-7,14H,3-4H2,1-2H3/t7-/m1/s1. The second kappa shape index (κ2) is 4.40. The van der Waals surface area contributed by atoms with Gasteiger partial charge in [-0.15, -0.1) is 0 Å². The van der Waals surface area contributed by atoms with Gasteiger partial charge in [-0.2, -0.15) is 0 Å². The molecule has 3 heteroatoms. The summed E-state index contributed by atoms with van der Waals surface area (Å²) in [6, 6.07) is 1.99. The average Bonchev–Trinajstić information content (AvgIpc) is 2.13. The van der Waals surface area contributed by atoms with E-state index in [9.17, 15) is 13.9 Å². The zero-order valence-electron chi connectivity index (χ0n) is 8.35. The Morgan fingerprint density at radius 3 is 2.43 bits per heavy atom. The van der Waals surface area contributed by atoms with Crippen LogP contribution < -0.4 is 0 Å². The Morgan fingerprint density at radius 2 is 1.86 bits per heavy atom. The Hall–Kier alpha value is -1.12. The van der Waals surface area contributed by atoms with E-state index in [0.29, 0.717) is 0 Å². The third-order valence-corrected chi connectivity index (χ3v) is 2.33. The van der Waals surface area contributed by atoms with Crippen molar-refractivity contribution < 1.29 is 13.9 Å². The number of phenolic OH excluding ortho intramolecular Hbond substituents is 1. The lowest BCUT2D eigenvalue weighted by Crippen LogP contribution is -1.99. The SMILES string of the molecule is CCC[C@@H](C)c1c(F)ccc(F)c1O. The first-order valence-electron chi connectivity index (χ1n) is 4.74. The first kappa shape index (κ1) is 11.0. The average molecular weight is 200 g/mol. The maximum absolute atomic E-state index is 13.3. The van der Waals surface area contributed by atoms with E-state index in [1.165, 1.54) is 0 Å². The van der Waals surface area contributed by atoms with Crippen LogP contribution in [0, 0.1) is 11.6 Å². The maximum Gasteiger partial charge on any atom is 0.165 e. The van der Waals surface area contributed by atoms with Crippen LogP contribution in [0.5, 0.6) is 5.75 Å². The van der Waals surface area contributed by atoms with Crippen molar-refractivity contribution in [2.24, 2.45) is 0 Å². The molecule has 1 aromatic carbocycles. The Balaban J connectivity index is 3.11. The highest BCUT2D eigenvalue weighted by Gasteiger charge is 2.17. The summed E-state index contributed by atoms with van der Waals surface area (Å²) < 4.78 is 26.2. The van der Waals surface area contributed by atoms with Gasteiger partial charge in [-0.25, -0.2) is 8.78 Å². The number of halogens is 2. The molecule has 0 aliphatic carbocycles. The van der Waals surface area contributed by atoms with E-state index < -0.39 is 17.4 Å². The molecule has 0 spiro atoms. The van der Waals surface area contributed by atoms with Gasteiger partial charge in [0.05, 0.1) is 0 Å². The molecule has 0 heterocycles. The zero-order valence-corrected chi connectivity index (χ0v) is 8.35. The molecule has 0 aliphatic heterocycles. The van der Waals surface area contributed by atoms with Gasteiger partial charge < -0.3 is 5.11 Å². The van der Waals surface area contributed by atoms with Crippen LogP contribution in [0.3, 0.4) is 0 Å². The fourth-order valence-corrected chi connectivity index (χ4v) is 1.60. The molecular formula is C11H14F2O. The van der Waals surface area contributed by atoms with Gasteiger partial charge in [0.15, 0.2) is 11.6 Å². The minimum Gasteiger partial charge on any atom is -0.505 e. The lowest BCUT2D eigenvalue weighted by molar-refractivity contribution is 0.409. The number of rotatable bonds is 3. The number of aromatic hydroxyl groups is 1. The van der Waals surface area contributed by atoms with E-state index in [0.717, 1.165) is 25.0 Å². The highest BCUT2D eigenvalue weighted by atomic mass is 19.1. The summed E-state index contributed by atoms with van der Waals surface area (Å²) in [6.07, 6.45) is 1.60. The molecule has 0 bridgehead atoms. The van der Waals surface area contributed by atoms with Gasteiger partial charge in [0, 0.05) is 5.56 Å². The van der Waals surface area contributed by atoms with Crippen molar-refractivity contribution in [2.75, 3.05) is 0 Å². The van der Waals surface area contributed by atoms with E-state index in [1.807, 2.05) is 6.92 Å². The van der Waals surface area contributed by atoms with Crippen LogP contribution in [0.2, 0.25) is 0 Å². The minimum atomic E-state index is -0.760. The van der Waals surface area contributed by atoms with Gasteiger partial charge in [-0.05, 0) is 24.5 Å². The van der Waals surface area contributed by atoms with Crippen molar-refractivity contribution in [3.63, 3.8) is 0 Å². The van der Waals surface area contributed by atoms with Crippen LogP contribution in [0.1, 0.15) is 38.2 Å². The van der Waals surface area contributed by atoms with Gasteiger partial charge in [0.1, 0.15) is 5.82 Å². The van der Waals surface area contributed by atoms with E-state index in [1.54, 1.807) is 6.92 Å². The Labute approximate surface area is 82.4 Å². The van der Waals surface area contributed by atoms with Crippen molar-refractivity contribution in [2.45, 2.75) is 32.6 Å². The van der Waals surface area contributed by atoms with Gasteiger partial charge >= 0.3 is 0 Å². The van der Waals surface area contributed by atoms with E-state index in [4.69, 9.17) is 0 Å². The third-order valence-electron chi connectivity index (χ3n) is 2.33. The van der Waals surface area contributed by atoms with Crippen molar-refractivity contribution in [3.05, 3.63) is 29.3 Å². The maximum atomic E-state index is 13.3. The lowest BCUT2D eigenvalue weighted by atomic mass is 9.95. The molecule has 0 saturated carbocycles. The summed E-state index contributed by atoms with van der Waals surface area (Å²) in [5.41, 5.74) is 0.0897. The number of benzene rings is 1. The van der Waals surface area contributed by atoms with Crippen LogP contribution in [-0.4, -0.2) is 5.11 Å². The Kier molecular flexibility index (Phi) is 3.44. The second-order valence-electron chi connectivity index (χ2n) is 3.48. The molecule has 1 atom stereocenters. The van der Waals surface area contributed by atoms with E-state index in [-0.39, 0.29) is 11.5 Å². The summed E-state index contributed by atoms with van der Waals surface area (Å²) in [6.45, 7) is 3.74. The van der Waals surface area contributed by atoms with Crippen LogP contribution in [0.25, 0.3) is 0 Å². The molecule has 1 nitrogen and oxygen atoms in total. The summed E-state index contributed by atoms with van der Waals surface area (Å²) in [5, 5.41) is 9.36. The van der Waals surface area contributed by atoms with Gasteiger partial charge in [0.25, 0.3) is 0 Å². The van der Waals surface area contributed by atoms with E-state index >= 15 is 0 Å². The molecule has 78 valence electrons. The summed E-state index contributed by atoms with van der Waals surface area (Å²) >= 11 is 0. The monoisotopic (exact) mass is 200 g/mol. The van der Waals surface area contributed by atoms with Crippen molar-refractivity contribution >= 4 is 0 Å². The summed E-state index contributed by atoms with van der Waals surface area (Å²) in [4.78, 5) is 0. The Morgan fingerprint density at radius 1 is 1.29 bits per heavy atom. The molecule has 1 rings (SSSR count). The van der Waals surface area contributed by atoms with E-state index in [2.05, 4.69) is 0 Å². The zero-order chi connectivity index (χ0) is 10.7. The largest absolute Gasteiger partial charge is 0.505 e. The smallest absolute Gasteiger partial charge is 0.165 e. The van der Waals surface area contributed by atoms with Crippen molar-refractivity contribution in [1.82, 2.24) is 0 Å².